The van der Waals surface area contributed by atoms with Crippen molar-refractivity contribution < 1.29 is 49.7 Å². The third kappa shape index (κ3) is 6.15. The number of aromatic nitrogens is 1. The van der Waals surface area contributed by atoms with Crippen molar-refractivity contribution >= 4 is 39.0 Å². The van der Waals surface area contributed by atoms with E-state index in [-0.39, 0.29) is 40.4 Å². The molecule has 14 heteroatoms. The van der Waals surface area contributed by atoms with Gasteiger partial charge in [-0.15, -0.1) is 0 Å². The van der Waals surface area contributed by atoms with Crippen molar-refractivity contribution in [3.05, 3.63) is 124 Å². The van der Waals surface area contributed by atoms with E-state index in [0.717, 1.165) is 48.8 Å². The molecule has 2 aliphatic heterocycles. The number of nitrogens with zero attached hydrogens (tertiary/aromatic N) is 1. The van der Waals surface area contributed by atoms with Gasteiger partial charge in [0.15, 0.2) is 11.6 Å². The van der Waals surface area contributed by atoms with Gasteiger partial charge in [-0.3, -0.25) is 9.59 Å². The van der Waals surface area contributed by atoms with Crippen LogP contribution in [0.2, 0.25) is 0 Å². The van der Waals surface area contributed by atoms with Gasteiger partial charge in [-0.2, -0.15) is 0 Å². The van der Waals surface area contributed by atoms with E-state index in [2.05, 4.69) is 10.3 Å². The molecule has 5 aliphatic carbocycles. The van der Waals surface area contributed by atoms with Crippen molar-refractivity contribution in [2.24, 2.45) is 22.7 Å². The molecule has 2 saturated carbocycles. The van der Waals surface area contributed by atoms with E-state index in [1.165, 1.54) is 27.7 Å². The molecule has 7 aliphatic rings. The molecule has 9 unspecified atom stereocenters. The standard InChI is InChI=1S/C47H50N2O10S2/c50-22-28-6-3-5-27(17-28)18-29-19-32-38(53)31-7-4-8-33-37(31)39(54)46(32,35(52)20-29)25-60-61-26-49-36-21-30(10-16-48-36)44(15-14-43(23-44)11-1-2-12-43)34-9-13-45(24-51)42(56)47(34,57)40(55)41(58-33)59-45/h3-10,13,16-17,19-21,32,34,40-42,50-52,55-57H,1-2,11-12,14-15,18,22-26H2,(H,48,49). The Hall–Kier alpha value is -3.99. The van der Waals surface area contributed by atoms with E-state index in [1.54, 1.807) is 42.6 Å². The van der Waals surface area contributed by atoms with Gasteiger partial charge in [0.2, 0.25) is 6.29 Å². The number of benzene rings is 2. The van der Waals surface area contributed by atoms with Crippen LogP contribution in [0.1, 0.15) is 82.4 Å². The zero-order chi connectivity index (χ0) is 42.4. The zero-order valence-electron chi connectivity index (χ0n) is 33.5. The number of nitrogens with one attached hydrogen (secondary N) is 1. The first-order valence-corrected chi connectivity index (χ1v) is 23.6. The maximum absolute atomic E-state index is 15.3. The molecule has 3 aromatic rings. The monoisotopic (exact) mass is 866 g/mol. The molecule has 3 spiro atoms. The lowest BCUT2D eigenvalue weighted by Crippen LogP contribution is -2.78. The Kier molecular flexibility index (Phi) is 10.1. The Morgan fingerprint density at radius 2 is 1.75 bits per heavy atom. The van der Waals surface area contributed by atoms with E-state index in [9.17, 15) is 35.4 Å². The Morgan fingerprint density at radius 1 is 0.951 bits per heavy atom. The number of allylic oxidation sites excluding steroid dienone is 4. The molecule has 12 nitrogen and oxygen atoms in total. The minimum atomic E-state index is -2.32. The Bertz CT molecular complexity index is 2380. The van der Waals surface area contributed by atoms with Gasteiger partial charge in [0.05, 0.1) is 30.6 Å². The van der Waals surface area contributed by atoms with Crippen LogP contribution in [0.3, 0.4) is 0 Å². The number of aliphatic hydroxyl groups is 6. The third-order valence-corrected chi connectivity index (χ3v) is 17.3. The van der Waals surface area contributed by atoms with Crippen LogP contribution < -0.4 is 10.1 Å². The summed E-state index contributed by atoms with van der Waals surface area (Å²) in [6.45, 7) is -0.893. The number of rotatable bonds is 4. The van der Waals surface area contributed by atoms with E-state index < -0.39 is 70.5 Å². The maximum atomic E-state index is 15.3. The van der Waals surface area contributed by atoms with Crippen LogP contribution in [0.5, 0.6) is 5.75 Å². The summed E-state index contributed by atoms with van der Waals surface area (Å²) in [5, 5.41) is 74.0. The highest BCUT2D eigenvalue weighted by Gasteiger charge is 2.71. The average Bonchev–Trinajstić information content (AvgIpc) is 3.90. The van der Waals surface area contributed by atoms with Crippen molar-refractivity contribution in [3.63, 3.8) is 0 Å². The summed E-state index contributed by atoms with van der Waals surface area (Å²) in [7, 11) is 2.77. The number of hydrogen-bond donors (Lipinski definition) is 7. The largest absolute Gasteiger partial charge is 0.511 e. The van der Waals surface area contributed by atoms with Crippen LogP contribution in [0.4, 0.5) is 5.82 Å². The molecule has 1 saturated heterocycles. The normalized spacial score (nSPS) is 36.1. The molecule has 61 heavy (non-hydrogen) atoms. The molecule has 1 aromatic heterocycles. The predicted octanol–water partition coefficient (Wildman–Crippen LogP) is 5.73. The van der Waals surface area contributed by atoms with E-state index >= 15 is 4.79 Å². The number of aliphatic hydroxyl groups excluding tert-OH is 5. The molecule has 3 heterocycles. The van der Waals surface area contributed by atoms with Gasteiger partial charge in [-0.1, -0.05) is 89.1 Å². The Balaban J connectivity index is 1.10. The van der Waals surface area contributed by atoms with Gasteiger partial charge in [0.25, 0.3) is 0 Å². The highest BCUT2D eigenvalue weighted by Crippen LogP contribution is 2.65. The second-order valence-corrected chi connectivity index (χ2v) is 20.7. The molecular weight excluding hydrogens is 817 g/mol. The van der Waals surface area contributed by atoms with Gasteiger partial charge in [0.1, 0.15) is 46.2 Å². The van der Waals surface area contributed by atoms with Crippen LogP contribution in [0.25, 0.3) is 0 Å². The van der Waals surface area contributed by atoms with E-state index in [0.29, 0.717) is 36.5 Å². The molecule has 0 amide bonds. The lowest BCUT2D eigenvalue weighted by Gasteiger charge is -2.60. The predicted molar refractivity (Wildman–Crippen MR) is 230 cm³/mol. The number of fused-ring (bicyclic) bond motifs is 6. The van der Waals surface area contributed by atoms with Crippen LogP contribution in [0, 0.1) is 22.7 Å². The fourth-order valence-corrected chi connectivity index (χ4v) is 14.3. The fourth-order valence-electron chi connectivity index (χ4n) is 12.0. The lowest BCUT2D eigenvalue weighted by molar-refractivity contribution is -0.354. The first kappa shape index (κ1) is 41.0. The first-order valence-electron chi connectivity index (χ1n) is 21.1. The molecule has 7 bridgehead atoms. The molecular formula is C47H50N2O10S2. The van der Waals surface area contributed by atoms with Crippen molar-refractivity contribution in [1.82, 2.24) is 4.98 Å². The fraction of sp³-hybridized carbons (Fsp3) is 0.468. The second kappa shape index (κ2) is 15.1. The summed E-state index contributed by atoms with van der Waals surface area (Å²) in [6.07, 6.45) is 9.93. The number of carbonyl (C=O) groups is 2. The zero-order valence-corrected chi connectivity index (χ0v) is 35.2. The van der Waals surface area contributed by atoms with Gasteiger partial charge >= 0.3 is 0 Å². The van der Waals surface area contributed by atoms with Crippen molar-refractivity contribution in [2.45, 2.75) is 93.1 Å². The number of hydrogen-bond acceptors (Lipinski definition) is 14. The van der Waals surface area contributed by atoms with Crippen LogP contribution >= 0.6 is 21.6 Å². The van der Waals surface area contributed by atoms with Crippen molar-refractivity contribution in [2.75, 3.05) is 23.6 Å². The second-order valence-electron chi connectivity index (χ2n) is 18.2. The number of ether oxygens (including phenoxy) is 2. The summed E-state index contributed by atoms with van der Waals surface area (Å²) < 4.78 is 12.8. The number of Topliss-reactive ketones (excluding diaryl/α,β-unsaturated/α-hetero) is 2. The number of pyridine rings is 1. The molecule has 7 N–H and O–H groups in total. The minimum absolute atomic E-state index is 0.0156. The molecule has 2 aromatic carbocycles. The van der Waals surface area contributed by atoms with Gasteiger partial charge in [-0.05, 0) is 90.5 Å². The van der Waals surface area contributed by atoms with Gasteiger partial charge < -0.3 is 45.4 Å². The van der Waals surface area contributed by atoms with E-state index in [1.807, 2.05) is 36.4 Å². The van der Waals surface area contributed by atoms with E-state index in [4.69, 9.17) is 9.47 Å². The summed E-state index contributed by atoms with van der Waals surface area (Å²) in [5.41, 5.74) is -3.57. The highest BCUT2D eigenvalue weighted by atomic mass is 33.1. The number of ketones is 2. The summed E-state index contributed by atoms with van der Waals surface area (Å²) in [5.74, 6) is -2.32. The maximum Gasteiger partial charge on any atom is 0.230 e. The molecule has 10 rings (SSSR count). The van der Waals surface area contributed by atoms with Crippen molar-refractivity contribution in [1.29, 1.82) is 0 Å². The number of anilines is 1. The van der Waals surface area contributed by atoms with Crippen LogP contribution in [-0.4, -0.2) is 95.1 Å². The summed E-state index contributed by atoms with van der Waals surface area (Å²) in [6, 6.07) is 15.9. The van der Waals surface area contributed by atoms with Gasteiger partial charge in [0, 0.05) is 28.8 Å². The minimum Gasteiger partial charge on any atom is -0.511 e. The quantitative estimate of drug-likeness (QED) is 0.124. The third-order valence-electron chi connectivity index (χ3n) is 15.1. The topological polar surface area (TPSA) is 199 Å². The summed E-state index contributed by atoms with van der Waals surface area (Å²) in [4.78, 5) is 34.8. The average molecular weight is 867 g/mol. The lowest BCUT2D eigenvalue weighted by atomic mass is 9.54. The Labute approximate surface area is 361 Å². The Morgan fingerprint density at radius 3 is 2.56 bits per heavy atom. The number of carbonyl (C=O) groups excluding carboxylic acids is 2. The molecule has 3 fully saturated rings. The van der Waals surface area contributed by atoms with Crippen molar-refractivity contribution in [3.8, 4) is 5.75 Å². The highest BCUT2D eigenvalue weighted by molar-refractivity contribution is 8.76. The van der Waals surface area contributed by atoms with Crippen LogP contribution in [-0.2, 0) is 23.2 Å². The summed E-state index contributed by atoms with van der Waals surface area (Å²) >= 11 is 0. The SMILES string of the molecule is O=C1c2cccc3c2C(=O)C2(CSSCNc4cc(ccn4)C4(CCC5(CCCC5)C4)C4C=CC5(CO)OC(O3)C(O)C4(O)C5O)C(O)=CC(Cc3cccc(CO)c3)=CC12. The first-order chi connectivity index (χ1) is 29.4. The molecule has 320 valence electrons. The molecule has 9 atom stereocenters. The smallest absolute Gasteiger partial charge is 0.230 e. The van der Waals surface area contributed by atoms with Gasteiger partial charge in [-0.25, -0.2) is 4.98 Å². The van der Waals surface area contributed by atoms with Crippen LogP contribution in [0.15, 0.2) is 96.4 Å². The molecule has 0 radical (unpaired) electrons.